The second-order valence-corrected chi connectivity index (χ2v) is 5.19. The number of amides is 1. The molecule has 1 aromatic rings. The van der Waals surface area contributed by atoms with Crippen molar-refractivity contribution < 1.29 is 9.53 Å². The number of nitrogens with one attached hydrogen (secondary N) is 1. The van der Waals surface area contributed by atoms with Crippen LogP contribution in [0.4, 0.5) is 0 Å². The van der Waals surface area contributed by atoms with Crippen LogP contribution in [0, 0.1) is 0 Å². The summed E-state index contributed by atoms with van der Waals surface area (Å²) >= 11 is 0. The molecule has 0 saturated heterocycles. The Morgan fingerprint density at radius 2 is 2.00 bits per heavy atom. The Kier molecular flexibility index (Phi) is 2.92. The number of hydrogen-bond acceptors (Lipinski definition) is 2. The molecule has 1 aliphatic heterocycles. The summed E-state index contributed by atoms with van der Waals surface area (Å²) < 4.78 is 5.42. The molecule has 0 saturated carbocycles. The highest BCUT2D eigenvalue weighted by Crippen LogP contribution is 2.27. The van der Waals surface area contributed by atoms with Gasteiger partial charge in [0.05, 0.1) is 6.26 Å². The third-order valence-electron chi connectivity index (χ3n) is 2.48. The van der Waals surface area contributed by atoms with Crippen LogP contribution in [0.1, 0.15) is 38.0 Å². The Balaban J connectivity index is 2.24. The van der Waals surface area contributed by atoms with E-state index in [1.165, 1.54) is 0 Å². The second-order valence-electron chi connectivity index (χ2n) is 5.19. The molecule has 1 amide bonds. The first-order valence-electron chi connectivity index (χ1n) is 5.70. The van der Waals surface area contributed by atoms with Crippen molar-refractivity contribution in [2.75, 3.05) is 0 Å². The topological polar surface area (TPSA) is 38.3 Å². The van der Waals surface area contributed by atoms with Crippen molar-refractivity contribution in [1.29, 1.82) is 0 Å². The Labute approximate surface area is 101 Å². The first-order valence-corrected chi connectivity index (χ1v) is 5.70. The van der Waals surface area contributed by atoms with E-state index in [2.05, 4.69) is 5.32 Å². The highest BCUT2D eigenvalue weighted by atomic mass is 16.5. The van der Waals surface area contributed by atoms with Crippen LogP contribution < -0.4 is 5.32 Å². The highest BCUT2D eigenvalue weighted by molar-refractivity contribution is 5.84. The number of hydrogen-bond donors (Lipinski definition) is 1. The van der Waals surface area contributed by atoms with Gasteiger partial charge in [-0.3, -0.25) is 4.79 Å². The van der Waals surface area contributed by atoms with Crippen molar-refractivity contribution in [1.82, 2.24) is 5.32 Å². The quantitative estimate of drug-likeness (QED) is 0.807. The van der Waals surface area contributed by atoms with Crippen LogP contribution in [-0.2, 0) is 9.53 Å². The maximum absolute atomic E-state index is 12.1. The van der Waals surface area contributed by atoms with Crippen molar-refractivity contribution >= 4 is 12.0 Å². The Morgan fingerprint density at radius 1 is 1.29 bits per heavy atom. The molecule has 90 valence electrons. The molecule has 0 aromatic heterocycles. The van der Waals surface area contributed by atoms with E-state index in [1.54, 1.807) is 6.26 Å². The van der Waals surface area contributed by atoms with Gasteiger partial charge in [-0.2, -0.15) is 0 Å². The van der Waals surface area contributed by atoms with Crippen molar-refractivity contribution in [3.8, 4) is 0 Å². The molecule has 1 atom stereocenters. The lowest BCUT2D eigenvalue weighted by atomic mass is 9.99. The van der Waals surface area contributed by atoms with Gasteiger partial charge in [-0.25, -0.2) is 0 Å². The van der Waals surface area contributed by atoms with Crippen LogP contribution in [0.2, 0.25) is 0 Å². The molecule has 0 radical (unpaired) electrons. The van der Waals surface area contributed by atoms with Gasteiger partial charge in [0, 0.05) is 11.1 Å². The lowest BCUT2D eigenvalue weighted by molar-refractivity contribution is -0.131. The van der Waals surface area contributed by atoms with Crippen LogP contribution in [-0.4, -0.2) is 11.4 Å². The van der Waals surface area contributed by atoms with E-state index >= 15 is 0 Å². The predicted molar refractivity (Wildman–Crippen MR) is 67.2 cm³/mol. The van der Waals surface area contributed by atoms with Gasteiger partial charge in [-0.1, -0.05) is 24.3 Å². The molecule has 1 heterocycles. The summed E-state index contributed by atoms with van der Waals surface area (Å²) in [6.07, 6.45) is 2.90. The SMILES string of the molecule is CC(C)(C)NC(=O)C1OC=Cc2ccccc21. The zero-order valence-electron chi connectivity index (χ0n) is 10.4. The van der Waals surface area contributed by atoms with Crippen LogP contribution in [0.3, 0.4) is 0 Å². The van der Waals surface area contributed by atoms with E-state index in [-0.39, 0.29) is 11.4 Å². The largest absolute Gasteiger partial charge is 0.483 e. The monoisotopic (exact) mass is 231 g/mol. The maximum atomic E-state index is 12.1. The summed E-state index contributed by atoms with van der Waals surface area (Å²) in [7, 11) is 0. The molecule has 0 spiro atoms. The molecule has 1 unspecified atom stereocenters. The smallest absolute Gasteiger partial charge is 0.266 e. The molecule has 3 nitrogen and oxygen atoms in total. The summed E-state index contributed by atoms with van der Waals surface area (Å²) in [5.41, 5.74) is 1.70. The molecule has 1 aliphatic rings. The minimum atomic E-state index is -0.546. The molecule has 0 aliphatic carbocycles. The van der Waals surface area contributed by atoms with Crippen molar-refractivity contribution in [3.05, 3.63) is 41.7 Å². The molecule has 2 rings (SSSR count). The van der Waals surface area contributed by atoms with Gasteiger partial charge in [-0.15, -0.1) is 0 Å². The second kappa shape index (κ2) is 4.24. The van der Waals surface area contributed by atoms with Gasteiger partial charge in [0.25, 0.3) is 5.91 Å². The van der Waals surface area contributed by atoms with Gasteiger partial charge in [0.1, 0.15) is 0 Å². The van der Waals surface area contributed by atoms with E-state index in [1.807, 2.05) is 51.1 Å². The highest BCUT2D eigenvalue weighted by Gasteiger charge is 2.28. The normalized spacial score (nSPS) is 18.2. The number of carbonyl (C=O) groups excluding carboxylic acids is 1. The third-order valence-corrected chi connectivity index (χ3v) is 2.48. The lowest BCUT2D eigenvalue weighted by Crippen LogP contribution is -2.43. The number of rotatable bonds is 1. The number of benzene rings is 1. The predicted octanol–water partition coefficient (Wildman–Crippen LogP) is 2.64. The average Bonchev–Trinajstić information content (AvgIpc) is 2.26. The summed E-state index contributed by atoms with van der Waals surface area (Å²) in [4.78, 5) is 12.1. The summed E-state index contributed by atoms with van der Waals surface area (Å²) in [6.45, 7) is 5.86. The summed E-state index contributed by atoms with van der Waals surface area (Å²) in [5.74, 6) is -0.102. The van der Waals surface area contributed by atoms with Crippen LogP contribution in [0.25, 0.3) is 6.08 Å². The standard InChI is InChI=1S/C14H17NO2/c1-14(2,3)15-13(16)12-11-7-5-4-6-10(11)8-9-17-12/h4-9,12H,1-3H3,(H,15,16). The number of fused-ring (bicyclic) bond motifs is 1. The van der Waals surface area contributed by atoms with Crippen molar-refractivity contribution in [3.63, 3.8) is 0 Å². The van der Waals surface area contributed by atoms with Gasteiger partial charge >= 0.3 is 0 Å². The van der Waals surface area contributed by atoms with Gasteiger partial charge in [-0.05, 0) is 32.4 Å². The minimum Gasteiger partial charge on any atom is -0.483 e. The average molecular weight is 231 g/mol. The zero-order valence-corrected chi connectivity index (χ0v) is 10.4. The van der Waals surface area contributed by atoms with Gasteiger partial charge < -0.3 is 10.1 Å². The Hall–Kier alpha value is -1.77. The summed E-state index contributed by atoms with van der Waals surface area (Å²) in [6, 6.07) is 7.77. The van der Waals surface area contributed by atoms with Crippen LogP contribution in [0.15, 0.2) is 30.5 Å². The van der Waals surface area contributed by atoms with Gasteiger partial charge in [0.15, 0.2) is 0 Å². The fourth-order valence-electron chi connectivity index (χ4n) is 1.80. The first kappa shape index (κ1) is 11.7. The number of carbonyl (C=O) groups is 1. The van der Waals surface area contributed by atoms with Crippen molar-refractivity contribution in [2.45, 2.75) is 32.4 Å². The minimum absolute atomic E-state index is 0.102. The van der Waals surface area contributed by atoms with E-state index in [4.69, 9.17) is 4.74 Å². The van der Waals surface area contributed by atoms with Crippen LogP contribution >= 0.6 is 0 Å². The molecular weight excluding hydrogens is 214 g/mol. The fourth-order valence-corrected chi connectivity index (χ4v) is 1.80. The van der Waals surface area contributed by atoms with Crippen LogP contribution in [0.5, 0.6) is 0 Å². The lowest BCUT2D eigenvalue weighted by Gasteiger charge is -2.27. The molecule has 0 fully saturated rings. The molecule has 3 heteroatoms. The molecular formula is C14H17NO2. The summed E-state index contributed by atoms with van der Waals surface area (Å²) in [5, 5.41) is 2.93. The molecule has 0 bridgehead atoms. The molecule has 1 N–H and O–H groups in total. The molecule has 1 aromatic carbocycles. The Bertz CT molecular complexity index is 458. The van der Waals surface area contributed by atoms with E-state index in [0.717, 1.165) is 11.1 Å². The van der Waals surface area contributed by atoms with E-state index in [0.29, 0.717) is 0 Å². The maximum Gasteiger partial charge on any atom is 0.266 e. The van der Waals surface area contributed by atoms with Gasteiger partial charge in [0.2, 0.25) is 6.10 Å². The molecule has 17 heavy (non-hydrogen) atoms. The number of ether oxygens (including phenoxy) is 1. The Morgan fingerprint density at radius 3 is 2.71 bits per heavy atom. The van der Waals surface area contributed by atoms with Crippen molar-refractivity contribution in [2.24, 2.45) is 0 Å². The first-order chi connectivity index (χ1) is 7.97. The third kappa shape index (κ3) is 2.67. The van der Waals surface area contributed by atoms with E-state index < -0.39 is 6.10 Å². The zero-order chi connectivity index (χ0) is 12.5. The van der Waals surface area contributed by atoms with E-state index in [9.17, 15) is 4.79 Å². The fraction of sp³-hybridized carbons (Fsp3) is 0.357.